The van der Waals surface area contributed by atoms with Gasteiger partial charge in [0.05, 0.1) is 0 Å². The summed E-state index contributed by atoms with van der Waals surface area (Å²) in [4.78, 5) is 0. The molecule has 0 aliphatic heterocycles. The van der Waals surface area contributed by atoms with E-state index in [1.807, 2.05) is 12.2 Å². The first kappa shape index (κ1) is 7.13. The van der Waals surface area contributed by atoms with Gasteiger partial charge in [-0.25, -0.2) is 0 Å². The molecule has 54 valence electrons. The van der Waals surface area contributed by atoms with Crippen molar-refractivity contribution in [2.24, 2.45) is 11.7 Å². The van der Waals surface area contributed by atoms with Crippen molar-refractivity contribution in [3.05, 3.63) is 35.6 Å². The van der Waals surface area contributed by atoms with Gasteiger partial charge in [-0.2, -0.15) is 0 Å². The molecule has 0 fully saturated rings. The van der Waals surface area contributed by atoms with Crippen LogP contribution in [0.15, 0.2) is 35.6 Å². The summed E-state index contributed by atoms with van der Waals surface area (Å²) in [6, 6.07) is 0. The van der Waals surface area contributed by atoms with Crippen molar-refractivity contribution >= 4 is 0 Å². The van der Waals surface area contributed by atoms with Gasteiger partial charge in [-0.05, 0) is 24.5 Å². The molecule has 0 aromatic heterocycles. The van der Waals surface area contributed by atoms with E-state index in [2.05, 4.69) is 26.0 Å². The fourth-order valence-electron chi connectivity index (χ4n) is 1.02. The molecule has 1 aliphatic rings. The summed E-state index contributed by atoms with van der Waals surface area (Å²) in [5.41, 5.74) is 7.75. The highest BCUT2D eigenvalue weighted by Crippen LogP contribution is 2.10. The standard InChI is InChI=1S/C9H13N/c1-7-3-4-8(2)6-9(10)5-7/h3-7H,10H2,1-2H3. The Morgan fingerprint density at radius 3 is 2.90 bits per heavy atom. The van der Waals surface area contributed by atoms with Gasteiger partial charge in [0.25, 0.3) is 0 Å². The van der Waals surface area contributed by atoms with E-state index in [0.29, 0.717) is 5.92 Å². The molecule has 2 N–H and O–H groups in total. The molecule has 0 saturated carbocycles. The lowest BCUT2D eigenvalue weighted by atomic mass is 10.1. The molecule has 1 rings (SSSR count). The van der Waals surface area contributed by atoms with Crippen molar-refractivity contribution in [1.82, 2.24) is 0 Å². The molecule has 0 amide bonds. The largest absolute Gasteiger partial charge is 0.399 e. The van der Waals surface area contributed by atoms with Crippen molar-refractivity contribution in [2.45, 2.75) is 13.8 Å². The maximum absolute atomic E-state index is 5.66. The Bertz CT molecular complexity index is 209. The van der Waals surface area contributed by atoms with Crippen molar-refractivity contribution in [3.8, 4) is 0 Å². The smallest absolute Gasteiger partial charge is 0.0281 e. The Balaban J connectivity index is 2.88. The SMILES string of the molecule is CC1=CC(N)=CC(C)C=C1. The lowest BCUT2D eigenvalue weighted by molar-refractivity contribution is 0.931. The minimum atomic E-state index is 0.466. The van der Waals surface area contributed by atoms with Crippen molar-refractivity contribution in [2.75, 3.05) is 0 Å². The molecule has 1 nitrogen and oxygen atoms in total. The van der Waals surface area contributed by atoms with Crippen LogP contribution in [-0.2, 0) is 0 Å². The maximum Gasteiger partial charge on any atom is 0.0281 e. The Hall–Kier alpha value is -0.980. The molecule has 0 spiro atoms. The highest BCUT2D eigenvalue weighted by molar-refractivity contribution is 5.31. The third kappa shape index (κ3) is 1.76. The number of nitrogens with two attached hydrogens (primary N) is 1. The van der Waals surface area contributed by atoms with Gasteiger partial charge in [-0.15, -0.1) is 0 Å². The minimum absolute atomic E-state index is 0.466. The molecule has 0 heterocycles. The van der Waals surface area contributed by atoms with Crippen LogP contribution >= 0.6 is 0 Å². The fourth-order valence-corrected chi connectivity index (χ4v) is 1.02. The first-order valence-electron chi connectivity index (χ1n) is 3.52. The molecule has 1 unspecified atom stereocenters. The maximum atomic E-state index is 5.66. The van der Waals surface area contributed by atoms with Gasteiger partial charge in [0, 0.05) is 5.70 Å². The zero-order chi connectivity index (χ0) is 7.56. The van der Waals surface area contributed by atoms with Gasteiger partial charge in [-0.1, -0.05) is 25.2 Å². The van der Waals surface area contributed by atoms with E-state index in [1.54, 1.807) is 0 Å². The molecule has 0 saturated heterocycles. The first-order chi connectivity index (χ1) is 4.68. The third-order valence-corrected chi connectivity index (χ3v) is 1.51. The van der Waals surface area contributed by atoms with Gasteiger partial charge in [0.2, 0.25) is 0 Å². The van der Waals surface area contributed by atoms with Crippen LogP contribution in [0.2, 0.25) is 0 Å². The molecular weight excluding hydrogens is 122 g/mol. The number of hydrogen-bond donors (Lipinski definition) is 1. The average molecular weight is 135 g/mol. The van der Waals surface area contributed by atoms with Gasteiger partial charge < -0.3 is 5.73 Å². The van der Waals surface area contributed by atoms with Crippen LogP contribution in [0.5, 0.6) is 0 Å². The molecule has 1 atom stereocenters. The van der Waals surface area contributed by atoms with Crippen LogP contribution in [0.1, 0.15) is 13.8 Å². The van der Waals surface area contributed by atoms with E-state index in [4.69, 9.17) is 5.73 Å². The zero-order valence-corrected chi connectivity index (χ0v) is 6.46. The molecule has 1 heteroatoms. The molecule has 0 radical (unpaired) electrons. The summed E-state index contributed by atoms with van der Waals surface area (Å²) < 4.78 is 0. The normalized spacial score (nSPS) is 25.2. The Labute approximate surface area is 61.9 Å². The predicted octanol–water partition coefficient (Wildman–Crippen LogP) is 1.98. The Morgan fingerprint density at radius 1 is 1.50 bits per heavy atom. The van der Waals surface area contributed by atoms with E-state index < -0.39 is 0 Å². The first-order valence-corrected chi connectivity index (χ1v) is 3.52. The highest BCUT2D eigenvalue weighted by atomic mass is 14.6. The summed E-state index contributed by atoms with van der Waals surface area (Å²) in [5, 5.41) is 0. The molecule has 1 aliphatic carbocycles. The lowest BCUT2D eigenvalue weighted by Gasteiger charge is -1.95. The Kier molecular flexibility index (Phi) is 1.95. The van der Waals surface area contributed by atoms with Crippen LogP contribution in [0.25, 0.3) is 0 Å². The van der Waals surface area contributed by atoms with Crippen LogP contribution in [0, 0.1) is 5.92 Å². The fraction of sp³-hybridized carbons (Fsp3) is 0.333. The van der Waals surface area contributed by atoms with Gasteiger partial charge in [0.1, 0.15) is 0 Å². The molecule has 10 heavy (non-hydrogen) atoms. The molecular formula is C9H13N. The van der Waals surface area contributed by atoms with E-state index in [1.165, 1.54) is 5.57 Å². The second-order valence-electron chi connectivity index (χ2n) is 2.77. The van der Waals surface area contributed by atoms with Gasteiger partial charge in [-0.3, -0.25) is 0 Å². The number of allylic oxidation sites excluding steroid dienone is 5. The number of hydrogen-bond acceptors (Lipinski definition) is 1. The number of rotatable bonds is 0. The summed E-state index contributed by atoms with van der Waals surface area (Å²) in [7, 11) is 0. The second kappa shape index (κ2) is 2.74. The van der Waals surface area contributed by atoms with Crippen molar-refractivity contribution in [3.63, 3.8) is 0 Å². The van der Waals surface area contributed by atoms with E-state index in [-0.39, 0.29) is 0 Å². The van der Waals surface area contributed by atoms with Gasteiger partial charge in [0.15, 0.2) is 0 Å². The highest BCUT2D eigenvalue weighted by Gasteiger charge is 1.96. The monoisotopic (exact) mass is 135 g/mol. The van der Waals surface area contributed by atoms with Crippen LogP contribution in [0.4, 0.5) is 0 Å². The van der Waals surface area contributed by atoms with Crippen LogP contribution in [-0.4, -0.2) is 0 Å². The quantitative estimate of drug-likeness (QED) is 0.540. The molecule has 0 aromatic carbocycles. The summed E-state index contributed by atoms with van der Waals surface area (Å²) in [6.45, 7) is 4.17. The summed E-state index contributed by atoms with van der Waals surface area (Å²) >= 11 is 0. The Morgan fingerprint density at radius 2 is 2.20 bits per heavy atom. The predicted molar refractivity (Wildman–Crippen MR) is 44.3 cm³/mol. The molecule has 0 bridgehead atoms. The van der Waals surface area contributed by atoms with Crippen molar-refractivity contribution in [1.29, 1.82) is 0 Å². The molecule has 0 aromatic rings. The van der Waals surface area contributed by atoms with E-state index >= 15 is 0 Å². The van der Waals surface area contributed by atoms with E-state index in [0.717, 1.165) is 5.70 Å². The second-order valence-corrected chi connectivity index (χ2v) is 2.77. The average Bonchev–Trinajstić information content (AvgIpc) is 1.93. The van der Waals surface area contributed by atoms with Crippen molar-refractivity contribution < 1.29 is 0 Å². The lowest BCUT2D eigenvalue weighted by Crippen LogP contribution is -1.94. The van der Waals surface area contributed by atoms with Crippen LogP contribution in [0.3, 0.4) is 0 Å². The van der Waals surface area contributed by atoms with E-state index in [9.17, 15) is 0 Å². The minimum Gasteiger partial charge on any atom is -0.399 e. The summed E-state index contributed by atoms with van der Waals surface area (Å²) in [6.07, 6.45) is 8.28. The zero-order valence-electron chi connectivity index (χ0n) is 6.46. The topological polar surface area (TPSA) is 26.0 Å². The van der Waals surface area contributed by atoms with Gasteiger partial charge >= 0.3 is 0 Å². The summed E-state index contributed by atoms with van der Waals surface area (Å²) in [5.74, 6) is 0.466. The third-order valence-electron chi connectivity index (χ3n) is 1.51. The van der Waals surface area contributed by atoms with Crippen LogP contribution < -0.4 is 5.73 Å².